The maximum absolute atomic E-state index is 13.9. The number of carbonyl (C=O) groups excluding carboxylic acids is 1. The van der Waals surface area contributed by atoms with Gasteiger partial charge in [0.15, 0.2) is 0 Å². The maximum Gasteiger partial charge on any atom is 0.317 e. The van der Waals surface area contributed by atoms with Gasteiger partial charge in [-0.25, -0.2) is 13.6 Å². The van der Waals surface area contributed by atoms with Gasteiger partial charge in [-0.2, -0.15) is 0 Å². The Labute approximate surface area is 146 Å². The second-order valence-corrected chi connectivity index (χ2v) is 6.21. The highest BCUT2D eigenvalue weighted by Gasteiger charge is 2.22. The number of amides is 2. The van der Waals surface area contributed by atoms with E-state index in [1.807, 2.05) is 36.1 Å². The normalized spacial score (nSPS) is 14.5. The molecule has 1 fully saturated rings. The number of nitrogens with one attached hydrogen (secondary N) is 1. The summed E-state index contributed by atoms with van der Waals surface area (Å²) in [6.45, 7) is 4.52. The zero-order valence-electron chi connectivity index (χ0n) is 14.1. The van der Waals surface area contributed by atoms with Gasteiger partial charge in [0.25, 0.3) is 0 Å². The zero-order valence-corrected chi connectivity index (χ0v) is 14.1. The first kappa shape index (κ1) is 17.2. The van der Waals surface area contributed by atoms with Gasteiger partial charge in [-0.3, -0.25) is 0 Å². The Balaban J connectivity index is 1.51. The van der Waals surface area contributed by atoms with Crippen molar-refractivity contribution in [1.82, 2.24) is 10.2 Å². The molecule has 2 amide bonds. The molecular formula is C19H21F2N3O. The Morgan fingerprint density at radius 3 is 2.36 bits per heavy atom. The van der Waals surface area contributed by atoms with Crippen molar-refractivity contribution in [3.63, 3.8) is 0 Å². The van der Waals surface area contributed by atoms with E-state index in [4.69, 9.17) is 0 Å². The average molecular weight is 345 g/mol. The van der Waals surface area contributed by atoms with Crippen LogP contribution in [-0.4, -0.2) is 37.1 Å². The number of carbonyl (C=O) groups is 1. The third-order valence-electron chi connectivity index (χ3n) is 4.38. The number of aryl methyl sites for hydroxylation is 1. The Morgan fingerprint density at radius 1 is 1.04 bits per heavy atom. The van der Waals surface area contributed by atoms with Gasteiger partial charge < -0.3 is 15.1 Å². The third kappa shape index (κ3) is 4.26. The van der Waals surface area contributed by atoms with E-state index in [0.29, 0.717) is 38.4 Å². The molecule has 3 rings (SSSR count). The molecule has 1 aliphatic rings. The molecule has 1 aliphatic heterocycles. The Hall–Kier alpha value is -2.63. The molecule has 0 radical (unpaired) electrons. The summed E-state index contributed by atoms with van der Waals surface area (Å²) in [5.41, 5.74) is 2.60. The van der Waals surface area contributed by atoms with Crippen LogP contribution < -0.4 is 10.2 Å². The number of anilines is 1. The molecular weight excluding hydrogens is 324 g/mol. The van der Waals surface area contributed by atoms with Crippen LogP contribution in [0.5, 0.6) is 0 Å². The van der Waals surface area contributed by atoms with Crippen molar-refractivity contribution in [3.8, 4) is 0 Å². The van der Waals surface area contributed by atoms with Crippen LogP contribution in [0.4, 0.5) is 19.3 Å². The standard InChI is InChI=1S/C19H21F2N3O/c1-14-2-4-15(5-3-14)13-22-19(25)24-10-8-23(9-11-24)18-7-6-16(20)12-17(18)21/h2-7,12H,8-11,13H2,1H3,(H,22,25). The fourth-order valence-electron chi connectivity index (χ4n) is 2.88. The molecule has 0 aliphatic carbocycles. The van der Waals surface area contributed by atoms with E-state index >= 15 is 0 Å². The summed E-state index contributed by atoms with van der Waals surface area (Å²) in [5, 5.41) is 2.91. The molecule has 0 atom stereocenters. The monoisotopic (exact) mass is 345 g/mol. The molecule has 132 valence electrons. The summed E-state index contributed by atoms with van der Waals surface area (Å²) in [5.74, 6) is -1.16. The summed E-state index contributed by atoms with van der Waals surface area (Å²) >= 11 is 0. The van der Waals surface area contributed by atoms with E-state index in [1.54, 1.807) is 4.90 Å². The molecule has 0 unspecified atom stereocenters. The number of urea groups is 1. The Morgan fingerprint density at radius 2 is 1.72 bits per heavy atom. The van der Waals surface area contributed by atoms with E-state index in [0.717, 1.165) is 11.6 Å². The SMILES string of the molecule is Cc1ccc(CNC(=O)N2CCN(c3ccc(F)cc3F)CC2)cc1. The molecule has 0 saturated carbocycles. The van der Waals surface area contributed by atoms with E-state index in [9.17, 15) is 13.6 Å². The summed E-state index contributed by atoms with van der Waals surface area (Å²) in [7, 11) is 0. The van der Waals surface area contributed by atoms with Crippen LogP contribution >= 0.6 is 0 Å². The zero-order chi connectivity index (χ0) is 17.8. The lowest BCUT2D eigenvalue weighted by Gasteiger charge is -2.36. The Bertz CT molecular complexity index is 741. The lowest BCUT2D eigenvalue weighted by Crippen LogP contribution is -2.51. The van der Waals surface area contributed by atoms with Crippen molar-refractivity contribution in [2.24, 2.45) is 0 Å². The number of rotatable bonds is 3. The number of hydrogen-bond acceptors (Lipinski definition) is 2. The molecule has 1 heterocycles. The van der Waals surface area contributed by atoms with Crippen molar-refractivity contribution in [1.29, 1.82) is 0 Å². The third-order valence-corrected chi connectivity index (χ3v) is 4.38. The van der Waals surface area contributed by atoms with Gasteiger partial charge in [-0.15, -0.1) is 0 Å². The molecule has 0 spiro atoms. The van der Waals surface area contributed by atoms with Crippen LogP contribution in [0, 0.1) is 18.6 Å². The molecule has 2 aromatic rings. The van der Waals surface area contributed by atoms with Crippen molar-refractivity contribution in [2.75, 3.05) is 31.1 Å². The van der Waals surface area contributed by atoms with Crippen LogP contribution in [-0.2, 0) is 6.54 Å². The van der Waals surface area contributed by atoms with E-state index in [2.05, 4.69) is 5.32 Å². The van der Waals surface area contributed by atoms with Crippen molar-refractivity contribution < 1.29 is 13.6 Å². The highest BCUT2D eigenvalue weighted by molar-refractivity contribution is 5.74. The first-order valence-corrected chi connectivity index (χ1v) is 8.31. The van der Waals surface area contributed by atoms with Crippen LogP contribution in [0.3, 0.4) is 0 Å². The predicted octanol–water partition coefficient (Wildman–Crippen LogP) is 3.31. The lowest BCUT2D eigenvalue weighted by atomic mass is 10.1. The second kappa shape index (κ2) is 7.51. The summed E-state index contributed by atoms with van der Waals surface area (Å²) in [6.07, 6.45) is 0. The minimum absolute atomic E-state index is 0.125. The number of piperazine rings is 1. The number of nitrogens with zero attached hydrogens (tertiary/aromatic N) is 2. The Kier molecular flexibility index (Phi) is 5.16. The number of halogens is 2. The summed E-state index contributed by atoms with van der Waals surface area (Å²) < 4.78 is 26.9. The minimum atomic E-state index is -0.588. The molecule has 25 heavy (non-hydrogen) atoms. The number of benzene rings is 2. The highest BCUT2D eigenvalue weighted by atomic mass is 19.1. The first-order valence-electron chi connectivity index (χ1n) is 8.31. The molecule has 1 saturated heterocycles. The van der Waals surface area contributed by atoms with E-state index < -0.39 is 11.6 Å². The van der Waals surface area contributed by atoms with E-state index in [1.165, 1.54) is 17.7 Å². The second-order valence-electron chi connectivity index (χ2n) is 6.21. The highest BCUT2D eigenvalue weighted by Crippen LogP contribution is 2.21. The number of hydrogen-bond donors (Lipinski definition) is 1. The fraction of sp³-hybridized carbons (Fsp3) is 0.316. The molecule has 4 nitrogen and oxygen atoms in total. The van der Waals surface area contributed by atoms with Crippen LogP contribution in [0.1, 0.15) is 11.1 Å². The van der Waals surface area contributed by atoms with Crippen molar-refractivity contribution >= 4 is 11.7 Å². The van der Waals surface area contributed by atoms with Gasteiger partial charge in [0.2, 0.25) is 0 Å². The molecule has 1 N–H and O–H groups in total. The van der Waals surface area contributed by atoms with Crippen LogP contribution in [0.15, 0.2) is 42.5 Å². The van der Waals surface area contributed by atoms with Gasteiger partial charge in [-0.05, 0) is 24.6 Å². The molecule has 6 heteroatoms. The lowest BCUT2D eigenvalue weighted by molar-refractivity contribution is 0.194. The smallest absolute Gasteiger partial charge is 0.317 e. The maximum atomic E-state index is 13.9. The van der Waals surface area contributed by atoms with Gasteiger partial charge >= 0.3 is 6.03 Å². The summed E-state index contributed by atoms with van der Waals surface area (Å²) in [4.78, 5) is 15.8. The van der Waals surface area contributed by atoms with Gasteiger partial charge in [0.1, 0.15) is 11.6 Å². The molecule has 0 aromatic heterocycles. The van der Waals surface area contributed by atoms with Crippen molar-refractivity contribution in [2.45, 2.75) is 13.5 Å². The average Bonchev–Trinajstić information content (AvgIpc) is 2.61. The fourth-order valence-corrected chi connectivity index (χ4v) is 2.88. The quantitative estimate of drug-likeness (QED) is 0.926. The van der Waals surface area contributed by atoms with Crippen molar-refractivity contribution in [3.05, 3.63) is 65.2 Å². The predicted molar refractivity (Wildman–Crippen MR) is 93.6 cm³/mol. The topological polar surface area (TPSA) is 35.6 Å². The van der Waals surface area contributed by atoms with Gasteiger partial charge in [-0.1, -0.05) is 29.8 Å². The molecule has 2 aromatic carbocycles. The van der Waals surface area contributed by atoms with Crippen LogP contribution in [0.2, 0.25) is 0 Å². The minimum Gasteiger partial charge on any atom is -0.366 e. The van der Waals surface area contributed by atoms with Gasteiger partial charge in [0, 0.05) is 38.8 Å². The largest absolute Gasteiger partial charge is 0.366 e. The summed E-state index contributed by atoms with van der Waals surface area (Å²) in [6, 6.07) is 11.5. The van der Waals surface area contributed by atoms with Gasteiger partial charge in [0.05, 0.1) is 5.69 Å². The first-order chi connectivity index (χ1) is 12.0. The molecule has 0 bridgehead atoms. The van der Waals surface area contributed by atoms with Crippen LogP contribution in [0.25, 0.3) is 0 Å². The van der Waals surface area contributed by atoms with E-state index in [-0.39, 0.29) is 6.03 Å².